The van der Waals surface area contributed by atoms with Gasteiger partial charge in [0.05, 0.1) is 13.2 Å². The van der Waals surface area contributed by atoms with Gasteiger partial charge in [0.2, 0.25) is 0 Å². The van der Waals surface area contributed by atoms with E-state index >= 15 is 0 Å². The van der Waals surface area contributed by atoms with Crippen LogP contribution in [0.3, 0.4) is 0 Å². The largest absolute Gasteiger partial charge is 0.462 e. The Kier molecular flexibility index (Phi) is 19.8. The highest BCUT2D eigenvalue weighted by molar-refractivity contribution is 5.70. The topological polar surface area (TPSA) is 93.1 Å². The van der Waals surface area contributed by atoms with Crippen molar-refractivity contribution in [1.29, 1.82) is 0 Å². The molecular weight excluding hydrogens is 300 g/mol. The fraction of sp³-hybridized carbons (Fsp3) is 0.882. The first kappa shape index (κ1) is 24.1. The van der Waals surface area contributed by atoms with E-state index in [1.54, 1.807) is 6.92 Å². The summed E-state index contributed by atoms with van der Waals surface area (Å²) in [4.78, 5) is 22.8. The van der Waals surface area contributed by atoms with E-state index in [0.29, 0.717) is 12.8 Å². The molecule has 0 aromatic rings. The van der Waals surface area contributed by atoms with Crippen LogP contribution < -0.4 is 0 Å². The van der Waals surface area contributed by atoms with Crippen LogP contribution in [-0.2, 0) is 19.1 Å². The number of hydrogen-bond donors (Lipinski definition) is 2. The minimum atomic E-state index is -0.357. The van der Waals surface area contributed by atoms with Crippen molar-refractivity contribution in [3.05, 3.63) is 0 Å². The Morgan fingerprint density at radius 1 is 0.870 bits per heavy atom. The quantitative estimate of drug-likeness (QED) is 0.421. The zero-order chi connectivity index (χ0) is 17.9. The fourth-order valence-corrected chi connectivity index (χ4v) is 1.64. The average Bonchev–Trinajstić information content (AvgIpc) is 2.53. The van der Waals surface area contributed by atoms with Gasteiger partial charge in [-0.3, -0.25) is 9.59 Å². The van der Waals surface area contributed by atoms with Gasteiger partial charge in [-0.15, -0.1) is 0 Å². The van der Waals surface area contributed by atoms with Gasteiger partial charge in [0, 0.05) is 12.8 Å². The molecule has 0 aliphatic carbocycles. The number of carbonyl (C=O) groups excluding carboxylic acids is 2. The summed E-state index contributed by atoms with van der Waals surface area (Å²) in [6, 6.07) is 0. The zero-order valence-electron chi connectivity index (χ0n) is 14.9. The van der Waals surface area contributed by atoms with E-state index in [0.717, 1.165) is 38.5 Å². The summed E-state index contributed by atoms with van der Waals surface area (Å²) in [7, 11) is 0. The van der Waals surface area contributed by atoms with Gasteiger partial charge in [0.25, 0.3) is 0 Å². The number of rotatable bonds is 12. The molecule has 1 unspecified atom stereocenters. The number of ether oxygens (including phenoxy) is 2. The highest BCUT2D eigenvalue weighted by Crippen LogP contribution is 2.04. The summed E-state index contributed by atoms with van der Waals surface area (Å²) >= 11 is 0. The molecule has 0 bridgehead atoms. The zero-order valence-corrected chi connectivity index (χ0v) is 14.9. The van der Waals surface area contributed by atoms with Crippen molar-refractivity contribution in [2.24, 2.45) is 0 Å². The molecule has 6 heteroatoms. The van der Waals surface area contributed by atoms with Crippen molar-refractivity contribution in [3.63, 3.8) is 0 Å². The standard InChI is InChI=1S/C15H28O4.C2H6O2/c1-4-6-8-10-14(16)18-12-13(3)19-15(17)11-9-7-5-2;3-1-2-4/h13H,4-12H2,1-3H3;3-4H,1-2H2. The lowest BCUT2D eigenvalue weighted by Gasteiger charge is -2.13. The van der Waals surface area contributed by atoms with Crippen LogP contribution in [0.25, 0.3) is 0 Å². The molecule has 0 aliphatic heterocycles. The van der Waals surface area contributed by atoms with Gasteiger partial charge in [-0.25, -0.2) is 0 Å². The summed E-state index contributed by atoms with van der Waals surface area (Å²) in [6.45, 7) is 5.83. The van der Waals surface area contributed by atoms with Crippen molar-refractivity contribution in [2.75, 3.05) is 19.8 Å². The molecule has 0 amide bonds. The average molecular weight is 334 g/mol. The predicted molar refractivity (Wildman–Crippen MR) is 89.0 cm³/mol. The molecule has 0 saturated carbocycles. The van der Waals surface area contributed by atoms with Crippen LogP contribution >= 0.6 is 0 Å². The lowest BCUT2D eigenvalue weighted by atomic mass is 10.2. The molecule has 23 heavy (non-hydrogen) atoms. The van der Waals surface area contributed by atoms with Crippen molar-refractivity contribution in [3.8, 4) is 0 Å². The normalized spacial score (nSPS) is 11.2. The molecule has 0 rings (SSSR count). The first-order chi connectivity index (χ1) is 11.0. The van der Waals surface area contributed by atoms with Gasteiger partial charge >= 0.3 is 11.9 Å². The summed E-state index contributed by atoms with van der Waals surface area (Å²) in [5, 5.41) is 15.2. The van der Waals surface area contributed by atoms with Gasteiger partial charge in [0.1, 0.15) is 12.7 Å². The Hall–Kier alpha value is -1.14. The first-order valence-electron chi connectivity index (χ1n) is 8.58. The van der Waals surface area contributed by atoms with Gasteiger partial charge in [-0.05, 0) is 19.8 Å². The second-order valence-electron chi connectivity index (χ2n) is 5.34. The van der Waals surface area contributed by atoms with Crippen LogP contribution in [0, 0.1) is 0 Å². The molecule has 0 aliphatic rings. The highest BCUT2D eigenvalue weighted by atomic mass is 16.6. The molecule has 0 aromatic carbocycles. The maximum Gasteiger partial charge on any atom is 0.306 e. The summed E-state index contributed by atoms with van der Waals surface area (Å²) in [5.74, 6) is -0.412. The molecule has 138 valence electrons. The maximum atomic E-state index is 11.4. The van der Waals surface area contributed by atoms with Crippen molar-refractivity contribution < 1.29 is 29.3 Å². The van der Waals surface area contributed by atoms with E-state index in [1.165, 1.54) is 0 Å². The molecule has 1 atom stereocenters. The molecule has 0 saturated heterocycles. The third-order valence-electron chi connectivity index (χ3n) is 2.88. The third kappa shape index (κ3) is 20.9. The van der Waals surface area contributed by atoms with Crippen LogP contribution in [0.1, 0.15) is 72.1 Å². The van der Waals surface area contributed by atoms with Gasteiger partial charge in [0.15, 0.2) is 0 Å². The molecule has 0 heterocycles. The van der Waals surface area contributed by atoms with E-state index < -0.39 is 0 Å². The smallest absolute Gasteiger partial charge is 0.306 e. The number of esters is 2. The molecule has 6 nitrogen and oxygen atoms in total. The molecule has 0 radical (unpaired) electrons. The number of aliphatic hydroxyl groups excluding tert-OH is 2. The SMILES string of the molecule is CCCCCC(=O)OCC(C)OC(=O)CCCCC.OCCO. The van der Waals surface area contributed by atoms with Crippen molar-refractivity contribution >= 4 is 11.9 Å². The Morgan fingerprint density at radius 3 is 1.78 bits per heavy atom. The predicted octanol–water partition coefficient (Wildman–Crippen LogP) is 2.59. The third-order valence-corrected chi connectivity index (χ3v) is 2.88. The lowest BCUT2D eigenvalue weighted by Crippen LogP contribution is -2.22. The van der Waals surface area contributed by atoms with Crippen LogP contribution in [0.2, 0.25) is 0 Å². The summed E-state index contributed by atoms with van der Waals surface area (Å²) < 4.78 is 10.2. The van der Waals surface area contributed by atoms with E-state index in [4.69, 9.17) is 19.7 Å². The molecule has 0 spiro atoms. The second kappa shape index (κ2) is 18.9. The minimum Gasteiger partial charge on any atom is -0.462 e. The second-order valence-corrected chi connectivity index (χ2v) is 5.34. The Bertz CT molecular complexity index is 278. The first-order valence-corrected chi connectivity index (χ1v) is 8.58. The van der Waals surface area contributed by atoms with Crippen LogP contribution in [0.5, 0.6) is 0 Å². The fourth-order valence-electron chi connectivity index (χ4n) is 1.64. The number of aliphatic hydroxyl groups is 2. The van der Waals surface area contributed by atoms with E-state index in [9.17, 15) is 9.59 Å². The Labute approximate surface area is 140 Å². The van der Waals surface area contributed by atoms with Gasteiger partial charge in [-0.1, -0.05) is 39.5 Å². The lowest BCUT2D eigenvalue weighted by molar-refractivity contribution is -0.158. The molecular formula is C17H34O6. The monoisotopic (exact) mass is 334 g/mol. The number of hydrogen-bond acceptors (Lipinski definition) is 6. The van der Waals surface area contributed by atoms with Crippen LogP contribution in [0.4, 0.5) is 0 Å². The number of unbranched alkanes of at least 4 members (excludes halogenated alkanes) is 4. The van der Waals surface area contributed by atoms with Crippen LogP contribution in [0.15, 0.2) is 0 Å². The summed E-state index contributed by atoms with van der Waals surface area (Å²) in [5.41, 5.74) is 0. The van der Waals surface area contributed by atoms with Crippen molar-refractivity contribution in [2.45, 2.75) is 78.2 Å². The van der Waals surface area contributed by atoms with E-state index in [1.807, 2.05) is 0 Å². The van der Waals surface area contributed by atoms with E-state index in [-0.39, 0.29) is 37.9 Å². The molecule has 0 fully saturated rings. The van der Waals surface area contributed by atoms with Gasteiger partial charge < -0.3 is 19.7 Å². The van der Waals surface area contributed by atoms with E-state index in [2.05, 4.69) is 13.8 Å². The Morgan fingerprint density at radius 2 is 1.35 bits per heavy atom. The van der Waals surface area contributed by atoms with Crippen molar-refractivity contribution in [1.82, 2.24) is 0 Å². The number of carbonyl (C=O) groups is 2. The van der Waals surface area contributed by atoms with Gasteiger partial charge in [-0.2, -0.15) is 0 Å². The molecule has 0 aromatic heterocycles. The molecule has 2 N–H and O–H groups in total. The highest BCUT2D eigenvalue weighted by Gasteiger charge is 2.11. The Balaban J connectivity index is 0. The minimum absolute atomic E-state index is 0.125. The van der Waals surface area contributed by atoms with Crippen LogP contribution in [-0.4, -0.2) is 48.1 Å². The summed E-state index contributed by atoms with van der Waals surface area (Å²) in [6.07, 6.45) is 6.50. The maximum absolute atomic E-state index is 11.4.